The minimum atomic E-state index is -0.0355. The number of benzene rings is 2. The lowest BCUT2D eigenvalue weighted by molar-refractivity contribution is 0.0982. The maximum Gasteiger partial charge on any atom is 0.262 e. The summed E-state index contributed by atoms with van der Waals surface area (Å²) in [5, 5.41) is 0. The van der Waals surface area contributed by atoms with E-state index in [4.69, 9.17) is 9.47 Å². The summed E-state index contributed by atoms with van der Waals surface area (Å²) in [5.41, 5.74) is 2.77. The fraction of sp³-hybridized carbons (Fsp3) is 0.278. The van der Waals surface area contributed by atoms with E-state index in [2.05, 4.69) is 6.07 Å². The molecular formula is C18H19NO3. The standard InChI is InChI=1S/C18H19NO3/c1-21-14-9-10-15(17(12-14)22-2)18(20)19-11-5-7-13-6-3-4-8-16(13)19/h3-4,6,8-10,12H,5,7,11H2,1-2H3. The smallest absolute Gasteiger partial charge is 0.262 e. The summed E-state index contributed by atoms with van der Waals surface area (Å²) in [6.45, 7) is 0.727. The Balaban J connectivity index is 1.99. The second kappa shape index (κ2) is 6.10. The number of para-hydroxylation sites is 1. The zero-order valence-corrected chi connectivity index (χ0v) is 12.8. The number of carbonyl (C=O) groups is 1. The number of aryl methyl sites for hydroxylation is 1. The van der Waals surface area contributed by atoms with Gasteiger partial charge in [-0.05, 0) is 36.6 Å². The van der Waals surface area contributed by atoms with Crippen LogP contribution in [0.25, 0.3) is 0 Å². The van der Waals surface area contributed by atoms with Gasteiger partial charge in [-0.3, -0.25) is 4.79 Å². The van der Waals surface area contributed by atoms with Gasteiger partial charge in [-0.15, -0.1) is 0 Å². The van der Waals surface area contributed by atoms with Gasteiger partial charge in [-0.25, -0.2) is 0 Å². The molecule has 0 N–H and O–H groups in total. The van der Waals surface area contributed by atoms with Crippen molar-refractivity contribution in [2.45, 2.75) is 12.8 Å². The van der Waals surface area contributed by atoms with Gasteiger partial charge in [-0.1, -0.05) is 18.2 Å². The number of hydrogen-bond acceptors (Lipinski definition) is 3. The predicted octanol–water partition coefficient (Wildman–Crippen LogP) is 3.30. The first-order chi connectivity index (χ1) is 10.7. The largest absolute Gasteiger partial charge is 0.497 e. The number of carbonyl (C=O) groups excluding carboxylic acids is 1. The second-order valence-corrected chi connectivity index (χ2v) is 5.26. The van der Waals surface area contributed by atoms with E-state index in [1.54, 1.807) is 32.4 Å². The summed E-state index contributed by atoms with van der Waals surface area (Å²) >= 11 is 0. The lowest BCUT2D eigenvalue weighted by Crippen LogP contribution is -2.35. The third-order valence-corrected chi connectivity index (χ3v) is 3.99. The van der Waals surface area contributed by atoms with Crippen LogP contribution in [0, 0.1) is 0 Å². The molecule has 0 aliphatic carbocycles. The molecule has 1 aliphatic rings. The number of anilines is 1. The van der Waals surface area contributed by atoms with Crippen LogP contribution in [0.4, 0.5) is 5.69 Å². The van der Waals surface area contributed by atoms with E-state index >= 15 is 0 Å². The topological polar surface area (TPSA) is 38.8 Å². The van der Waals surface area contributed by atoms with Gasteiger partial charge in [0.2, 0.25) is 0 Å². The molecule has 0 atom stereocenters. The monoisotopic (exact) mass is 297 g/mol. The first kappa shape index (κ1) is 14.4. The van der Waals surface area contributed by atoms with E-state index in [1.807, 2.05) is 23.1 Å². The molecule has 0 bridgehead atoms. The van der Waals surface area contributed by atoms with Crippen molar-refractivity contribution in [1.29, 1.82) is 0 Å². The van der Waals surface area contributed by atoms with Crippen LogP contribution in [-0.4, -0.2) is 26.7 Å². The fourth-order valence-corrected chi connectivity index (χ4v) is 2.87. The lowest BCUT2D eigenvalue weighted by Gasteiger charge is -2.30. The molecule has 4 heteroatoms. The van der Waals surface area contributed by atoms with Gasteiger partial charge in [0.1, 0.15) is 11.5 Å². The molecule has 0 saturated carbocycles. The molecule has 0 unspecified atom stereocenters. The van der Waals surface area contributed by atoms with E-state index < -0.39 is 0 Å². The van der Waals surface area contributed by atoms with Crippen LogP contribution >= 0.6 is 0 Å². The summed E-state index contributed by atoms with van der Waals surface area (Å²) in [5.74, 6) is 1.17. The molecule has 4 nitrogen and oxygen atoms in total. The average Bonchev–Trinajstić information content (AvgIpc) is 2.60. The Labute approximate surface area is 130 Å². The van der Waals surface area contributed by atoms with Crippen molar-refractivity contribution in [3.05, 3.63) is 53.6 Å². The lowest BCUT2D eigenvalue weighted by atomic mass is 10.0. The van der Waals surface area contributed by atoms with Crippen LogP contribution in [0.3, 0.4) is 0 Å². The first-order valence-electron chi connectivity index (χ1n) is 7.36. The second-order valence-electron chi connectivity index (χ2n) is 5.26. The van der Waals surface area contributed by atoms with E-state index in [9.17, 15) is 4.79 Å². The van der Waals surface area contributed by atoms with Crippen molar-refractivity contribution < 1.29 is 14.3 Å². The van der Waals surface area contributed by atoms with Crippen molar-refractivity contribution in [3.8, 4) is 11.5 Å². The number of fused-ring (bicyclic) bond motifs is 1. The number of methoxy groups -OCH3 is 2. The zero-order valence-electron chi connectivity index (χ0n) is 12.8. The Hall–Kier alpha value is -2.49. The normalized spacial score (nSPS) is 13.5. The van der Waals surface area contributed by atoms with Crippen LogP contribution in [0.1, 0.15) is 22.3 Å². The average molecular weight is 297 g/mol. The van der Waals surface area contributed by atoms with Gasteiger partial charge < -0.3 is 14.4 Å². The highest BCUT2D eigenvalue weighted by Gasteiger charge is 2.25. The zero-order chi connectivity index (χ0) is 15.5. The summed E-state index contributed by atoms with van der Waals surface area (Å²) in [6.07, 6.45) is 1.99. The van der Waals surface area contributed by atoms with E-state index in [0.717, 1.165) is 25.1 Å². The highest BCUT2D eigenvalue weighted by Crippen LogP contribution is 2.31. The van der Waals surface area contributed by atoms with E-state index in [0.29, 0.717) is 17.1 Å². The van der Waals surface area contributed by atoms with E-state index in [-0.39, 0.29) is 5.91 Å². The van der Waals surface area contributed by atoms with Crippen LogP contribution in [-0.2, 0) is 6.42 Å². The Kier molecular flexibility index (Phi) is 4.00. The van der Waals surface area contributed by atoms with Crippen LogP contribution in [0.15, 0.2) is 42.5 Å². The summed E-state index contributed by atoms with van der Waals surface area (Å²) < 4.78 is 10.5. The third kappa shape index (κ3) is 2.52. The summed E-state index contributed by atoms with van der Waals surface area (Å²) in [6, 6.07) is 13.4. The number of rotatable bonds is 3. The van der Waals surface area contributed by atoms with Crippen molar-refractivity contribution in [2.24, 2.45) is 0 Å². The van der Waals surface area contributed by atoms with Crippen molar-refractivity contribution >= 4 is 11.6 Å². The Morgan fingerprint density at radius 3 is 2.68 bits per heavy atom. The van der Waals surface area contributed by atoms with Crippen molar-refractivity contribution in [1.82, 2.24) is 0 Å². The summed E-state index contributed by atoms with van der Waals surface area (Å²) in [7, 11) is 3.16. The number of nitrogens with zero attached hydrogens (tertiary/aromatic N) is 1. The fourth-order valence-electron chi connectivity index (χ4n) is 2.87. The minimum absolute atomic E-state index is 0.0355. The Bertz CT molecular complexity index is 696. The third-order valence-electron chi connectivity index (χ3n) is 3.99. The molecule has 1 amide bonds. The molecule has 0 fully saturated rings. The van der Waals surface area contributed by atoms with Gasteiger partial charge >= 0.3 is 0 Å². The maximum atomic E-state index is 12.9. The molecule has 0 spiro atoms. The quantitative estimate of drug-likeness (QED) is 0.872. The van der Waals surface area contributed by atoms with Crippen LogP contribution < -0.4 is 14.4 Å². The Morgan fingerprint density at radius 1 is 1.09 bits per heavy atom. The van der Waals surface area contributed by atoms with Crippen LogP contribution in [0.2, 0.25) is 0 Å². The molecule has 1 aliphatic heterocycles. The molecule has 2 aromatic rings. The molecule has 0 aromatic heterocycles. The first-order valence-corrected chi connectivity index (χ1v) is 7.36. The molecule has 0 radical (unpaired) electrons. The van der Waals surface area contributed by atoms with Crippen molar-refractivity contribution in [3.63, 3.8) is 0 Å². The van der Waals surface area contributed by atoms with Crippen molar-refractivity contribution in [2.75, 3.05) is 25.7 Å². The van der Waals surface area contributed by atoms with Gasteiger partial charge in [0, 0.05) is 18.3 Å². The van der Waals surface area contributed by atoms with Gasteiger partial charge in [-0.2, -0.15) is 0 Å². The van der Waals surface area contributed by atoms with Gasteiger partial charge in [0.05, 0.1) is 19.8 Å². The van der Waals surface area contributed by atoms with E-state index in [1.165, 1.54) is 5.56 Å². The molecule has 22 heavy (non-hydrogen) atoms. The molecule has 114 valence electrons. The highest BCUT2D eigenvalue weighted by molar-refractivity contribution is 6.08. The molecule has 1 heterocycles. The van der Waals surface area contributed by atoms with Crippen LogP contribution in [0.5, 0.6) is 11.5 Å². The summed E-state index contributed by atoms with van der Waals surface area (Å²) in [4.78, 5) is 14.8. The predicted molar refractivity (Wildman–Crippen MR) is 86.0 cm³/mol. The molecule has 0 saturated heterocycles. The van der Waals surface area contributed by atoms with Gasteiger partial charge in [0.15, 0.2) is 0 Å². The van der Waals surface area contributed by atoms with Gasteiger partial charge in [0.25, 0.3) is 5.91 Å². The molecule has 2 aromatic carbocycles. The maximum absolute atomic E-state index is 12.9. The molecular weight excluding hydrogens is 278 g/mol. The SMILES string of the molecule is COc1ccc(C(=O)N2CCCc3ccccc32)c(OC)c1. The number of ether oxygens (including phenoxy) is 2. The molecule has 3 rings (SSSR count). The Morgan fingerprint density at radius 2 is 1.91 bits per heavy atom. The minimum Gasteiger partial charge on any atom is -0.497 e. The highest BCUT2D eigenvalue weighted by atomic mass is 16.5. The number of hydrogen-bond donors (Lipinski definition) is 0. The number of amides is 1.